The lowest BCUT2D eigenvalue weighted by atomic mass is 9.89. The Balaban J connectivity index is 1.29. The molecule has 10 rings (SSSR count). The van der Waals surface area contributed by atoms with Crippen molar-refractivity contribution in [3.63, 3.8) is 0 Å². The number of thiophene rings is 1. The molecule has 0 unspecified atom stereocenters. The molecule has 9 aromatic rings. The zero-order chi connectivity index (χ0) is 30.2. The summed E-state index contributed by atoms with van der Waals surface area (Å²) in [5.74, 6) is 0.679. The van der Waals surface area contributed by atoms with Gasteiger partial charge in [-0.25, -0.2) is 9.97 Å². The third-order valence-corrected chi connectivity index (χ3v) is 10.4. The molecule has 0 saturated heterocycles. The predicted octanol–water partition coefficient (Wildman–Crippen LogP) is 11.9. The van der Waals surface area contributed by atoms with Crippen molar-refractivity contribution in [3.8, 4) is 33.5 Å². The Hall–Kier alpha value is -5.84. The topological polar surface area (TPSA) is 29.0 Å². The minimum atomic E-state index is 0.679. The highest BCUT2D eigenvalue weighted by Gasteiger charge is 2.30. The van der Waals surface area contributed by atoms with E-state index >= 15 is 0 Å². The number of nitrogens with zero attached hydrogens (tertiary/aromatic N) is 3. The smallest absolute Gasteiger partial charge is 0.235 e. The van der Waals surface area contributed by atoms with Gasteiger partial charge in [-0.05, 0) is 39.6 Å². The van der Waals surface area contributed by atoms with Gasteiger partial charge in [-0.3, -0.25) is 4.90 Å². The van der Waals surface area contributed by atoms with Crippen LogP contribution in [0.4, 0.5) is 17.3 Å². The number of rotatable bonds is 3. The number of benzene rings is 7. The van der Waals surface area contributed by atoms with Gasteiger partial charge in [-0.15, -0.1) is 11.3 Å². The van der Waals surface area contributed by atoms with Crippen LogP contribution in [0.1, 0.15) is 0 Å². The van der Waals surface area contributed by atoms with Crippen molar-refractivity contribution in [2.75, 3.05) is 4.90 Å². The molecule has 0 fully saturated rings. The molecule has 0 amide bonds. The highest BCUT2D eigenvalue weighted by atomic mass is 32.1. The first-order chi connectivity index (χ1) is 22.8. The summed E-state index contributed by atoms with van der Waals surface area (Å²) in [4.78, 5) is 13.2. The predicted molar refractivity (Wildman–Crippen MR) is 194 cm³/mol. The second kappa shape index (κ2) is 9.83. The van der Waals surface area contributed by atoms with Crippen molar-refractivity contribution in [2.24, 2.45) is 0 Å². The summed E-state index contributed by atoms with van der Waals surface area (Å²) in [7, 11) is 0. The van der Waals surface area contributed by atoms with E-state index in [9.17, 15) is 0 Å². The van der Waals surface area contributed by atoms with Crippen molar-refractivity contribution < 1.29 is 0 Å². The molecule has 7 aromatic carbocycles. The lowest BCUT2D eigenvalue weighted by molar-refractivity contribution is 1.12. The molecule has 3 nitrogen and oxygen atoms in total. The van der Waals surface area contributed by atoms with Gasteiger partial charge >= 0.3 is 0 Å². The fourth-order valence-corrected chi connectivity index (χ4v) is 8.25. The van der Waals surface area contributed by atoms with Gasteiger partial charge in [0.15, 0.2) is 0 Å². The van der Waals surface area contributed by atoms with E-state index in [1.807, 2.05) is 0 Å². The number of aromatic nitrogens is 2. The van der Waals surface area contributed by atoms with Gasteiger partial charge in [0.05, 0.1) is 27.3 Å². The number of anilines is 3. The fraction of sp³-hybridized carbons (Fsp3) is 0. The van der Waals surface area contributed by atoms with E-state index < -0.39 is 0 Å². The van der Waals surface area contributed by atoms with Crippen LogP contribution in [0.5, 0.6) is 0 Å². The summed E-state index contributed by atoms with van der Waals surface area (Å²) < 4.78 is 2.31. The molecule has 4 heteroatoms. The van der Waals surface area contributed by atoms with Crippen molar-refractivity contribution in [2.45, 2.75) is 0 Å². The van der Waals surface area contributed by atoms with Crippen LogP contribution in [-0.2, 0) is 0 Å². The van der Waals surface area contributed by atoms with Crippen LogP contribution < -0.4 is 4.90 Å². The quantitative estimate of drug-likeness (QED) is 0.201. The first kappa shape index (κ1) is 25.5. The zero-order valence-electron chi connectivity index (χ0n) is 24.7. The van der Waals surface area contributed by atoms with E-state index in [2.05, 4.69) is 157 Å². The summed E-state index contributed by atoms with van der Waals surface area (Å²) in [6.07, 6.45) is 0. The van der Waals surface area contributed by atoms with Crippen LogP contribution in [0, 0.1) is 0 Å². The minimum Gasteiger partial charge on any atom is -0.277 e. The van der Waals surface area contributed by atoms with Gasteiger partial charge in [0, 0.05) is 32.0 Å². The highest BCUT2D eigenvalue weighted by molar-refractivity contribution is 7.26. The molecule has 0 N–H and O–H groups in total. The second-order valence-corrected chi connectivity index (χ2v) is 12.8. The first-order valence-electron chi connectivity index (χ1n) is 15.5. The maximum atomic E-state index is 5.48. The average molecular weight is 604 g/mol. The van der Waals surface area contributed by atoms with Crippen molar-refractivity contribution in [1.82, 2.24) is 9.97 Å². The number of hydrogen-bond donors (Lipinski definition) is 0. The lowest BCUT2D eigenvalue weighted by Gasteiger charge is -2.33. The molecule has 2 aromatic heterocycles. The summed E-state index contributed by atoms with van der Waals surface area (Å²) in [5, 5.41) is 5.95. The Kier molecular flexibility index (Phi) is 5.45. The third-order valence-electron chi connectivity index (χ3n) is 9.21. The molecular formula is C42H25N3S. The van der Waals surface area contributed by atoms with E-state index in [-0.39, 0.29) is 0 Å². The molecule has 0 radical (unpaired) electrons. The summed E-state index contributed by atoms with van der Waals surface area (Å²) in [6.45, 7) is 0. The summed E-state index contributed by atoms with van der Waals surface area (Å²) in [5.41, 5.74) is 10.1. The average Bonchev–Trinajstić information content (AvgIpc) is 3.51. The summed E-state index contributed by atoms with van der Waals surface area (Å²) in [6, 6.07) is 54.2. The highest BCUT2D eigenvalue weighted by Crippen LogP contribution is 2.53. The Morgan fingerprint density at radius 3 is 2.04 bits per heavy atom. The molecule has 3 heterocycles. The van der Waals surface area contributed by atoms with E-state index in [1.165, 1.54) is 48.5 Å². The van der Waals surface area contributed by atoms with Gasteiger partial charge in [0.1, 0.15) is 0 Å². The third kappa shape index (κ3) is 3.71. The van der Waals surface area contributed by atoms with Gasteiger partial charge in [-0.1, -0.05) is 140 Å². The number of fused-ring (bicyclic) bond motifs is 7. The molecule has 214 valence electrons. The van der Waals surface area contributed by atoms with Crippen LogP contribution in [0.25, 0.3) is 75.4 Å². The molecule has 0 atom stereocenters. The monoisotopic (exact) mass is 603 g/mol. The van der Waals surface area contributed by atoms with E-state index in [1.54, 1.807) is 11.3 Å². The molecule has 46 heavy (non-hydrogen) atoms. The zero-order valence-corrected chi connectivity index (χ0v) is 25.5. The Morgan fingerprint density at radius 2 is 1.17 bits per heavy atom. The SMILES string of the molecule is c1ccc(-c2ccc(-c3nc(N4c5c(ccc6ccccc56)-c5cccc6cccc4c56)nc4c3sc3ccccc34)cc2)cc1. The molecule has 1 aliphatic rings. The molecule has 0 aliphatic carbocycles. The molecular weight excluding hydrogens is 579 g/mol. The first-order valence-corrected chi connectivity index (χ1v) is 16.3. The van der Waals surface area contributed by atoms with Crippen LogP contribution in [0.15, 0.2) is 152 Å². The van der Waals surface area contributed by atoms with E-state index in [4.69, 9.17) is 9.97 Å². The largest absolute Gasteiger partial charge is 0.277 e. The van der Waals surface area contributed by atoms with Crippen LogP contribution in [0.2, 0.25) is 0 Å². The Labute approximate surface area is 269 Å². The van der Waals surface area contributed by atoms with Crippen molar-refractivity contribution in [1.29, 1.82) is 0 Å². The van der Waals surface area contributed by atoms with Gasteiger partial charge < -0.3 is 0 Å². The van der Waals surface area contributed by atoms with Crippen molar-refractivity contribution in [3.05, 3.63) is 152 Å². The normalized spacial score (nSPS) is 12.3. The molecule has 0 bridgehead atoms. The van der Waals surface area contributed by atoms with Crippen LogP contribution >= 0.6 is 11.3 Å². The second-order valence-electron chi connectivity index (χ2n) is 11.8. The Bertz CT molecular complexity index is 2630. The van der Waals surface area contributed by atoms with Gasteiger partial charge in [0.2, 0.25) is 5.95 Å². The Morgan fingerprint density at radius 1 is 0.478 bits per heavy atom. The standard InChI is InChI=1S/C42H25N3S/c1-2-10-26(11-3-1)27-20-22-30(23-21-27)38-41-39(34-16-6-7-19-36(34)46-41)44-42(43-38)45-35-18-9-14-29-13-8-17-32(37(29)35)33-25-24-28-12-4-5-15-31(28)40(33)45/h1-25H. The maximum Gasteiger partial charge on any atom is 0.235 e. The van der Waals surface area contributed by atoms with Gasteiger partial charge in [0.25, 0.3) is 0 Å². The van der Waals surface area contributed by atoms with Crippen LogP contribution in [-0.4, -0.2) is 9.97 Å². The van der Waals surface area contributed by atoms with Crippen molar-refractivity contribution >= 4 is 70.5 Å². The van der Waals surface area contributed by atoms with Gasteiger partial charge in [-0.2, -0.15) is 0 Å². The number of hydrogen-bond acceptors (Lipinski definition) is 4. The van der Waals surface area contributed by atoms with E-state index in [0.29, 0.717) is 5.95 Å². The summed E-state index contributed by atoms with van der Waals surface area (Å²) >= 11 is 1.77. The minimum absolute atomic E-state index is 0.679. The molecule has 1 aliphatic heterocycles. The van der Waals surface area contributed by atoms with E-state index in [0.717, 1.165) is 38.2 Å². The molecule has 0 saturated carbocycles. The maximum absolute atomic E-state index is 5.48. The molecule has 0 spiro atoms. The lowest BCUT2D eigenvalue weighted by Crippen LogP contribution is -2.18. The van der Waals surface area contributed by atoms with Crippen LogP contribution in [0.3, 0.4) is 0 Å². The fourth-order valence-electron chi connectivity index (χ4n) is 7.10.